The Morgan fingerprint density at radius 2 is 2.00 bits per heavy atom. The lowest BCUT2D eigenvalue weighted by Gasteiger charge is -2.19. The van der Waals surface area contributed by atoms with Crippen LogP contribution in [0.1, 0.15) is 26.6 Å². The number of fused-ring (bicyclic) bond motifs is 1. The highest BCUT2D eigenvalue weighted by Crippen LogP contribution is 2.15. The van der Waals surface area contributed by atoms with Crippen LogP contribution in [0.15, 0.2) is 29.4 Å². The van der Waals surface area contributed by atoms with Gasteiger partial charge >= 0.3 is 0 Å². The number of guanidine groups is 1. The maximum atomic E-state index is 12.1. The number of pyridine rings is 1. The first-order valence-corrected chi connectivity index (χ1v) is 9.35. The number of aromatic nitrogens is 3. The van der Waals surface area contributed by atoms with E-state index in [9.17, 15) is 8.42 Å². The molecule has 9 heteroatoms. The summed E-state index contributed by atoms with van der Waals surface area (Å²) < 4.78 is 25.3. The minimum absolute atomic E-state index is 0.0467. The molecule has 0 fully saturated rings. The zero-order valence-electron chi connectivity index (χ0n) is 14.4. The molecule has 2 aromatic rings. The van der Waals surface area contributed by atoms with Gasteiger partial charge in [-0.3, -0.25) is 9.39 Å². The molecule has 0 saturated carbocycles. The van der Waals surface area contributed by atoms with E-state index < -0.39 is 14.6 Å². The topological polar surface area (TPSA) is 101 Å². The summed E-state index contributed by atoms with van der Waals surface area (Å²) in [6, 6.07) is 5.68. The summed E-state index contributed by atoms with van der Waals surface area (Å²) in [6.45, 7) is 5.82. The highest BCUT2D eigenvalue weighted by atomic mass is 32.2. The normalized spacial score (nSPS) is 13.2. The van der Waals surface area contributed by atoms with Gasteiger partial charge in [-0.05, 0) is 32.9 Å². The zero-order chi connectivity index (χ0) is 17.8. The van der Waals surface area contributed by atoms with E-state index in [1.165, 1.54) is 0 Å². The molecule has 0 bridgehead atoms. The summed E-state index contributed by atoms with van der Waals surface area (Å²) in [7, 11) is -1.53. The predicted octanol–water partition coefficient (Wildman–Crippen LogP) is 0.608. The summed E-state index contributed by atoms with van der Waals surface area (Å²) >= 11 is 0. The third kappa shape index (κ3) is 4.22. The van der Waals surface area contributed by atoms with Crippen LogP contribution >= 0.6 is 0 Å². The van der Waals surface area contributed by atoms with Gasteiger partial charge in [-0.15, -0.1) is 10.2 Å². The lowest BCUT2D eigenvalue weighted by Crippen LogP contribution is -2.41. The average molecular weight is 352 g/mol. The first-order chi connectivity index (χ1) is 11.2. The lowest BCUT2D eigenvalue weighted by atomic mass is 10.3. The standard InChI is InChI=1S/C15H24N6O2S/c1-15(2,3)24(22,23)10-8-17-14(16-4)18-11-13-20-19-12-7-5-6-9-21(12)13/h5-7,9H,8,10-11H2,1-4H3,(H2,16,17,18). The van der Waals surface area contributed by atoms with E-state index in [0.717, 1.165) is 11.5 Å². The Morgan fingerprint density at radius 1 is 1.25 bits per heavy atom. The first-order valence-electron chi connectivity index (χ1n) is 7.70. The van der Waals surface area contributed by atoms with Crippen molar-refractivity contribution in [1.29, 1.82) is 0 Å². The van der Waals surface area contributed by atoms with Gasteiger partial charge in [0, 0.05) is 19.8 Å². The number of hydrogen-bond acceptors (Lipinski definition) is 5. The van der Waals surface area contributed by atoms with Gasteiger partial charge in [0.25, 0.3) is 0 Å². The van der Waals surface area contributed by atoms with Crippen molar-refractivity contribution in [3.05, 3.63) is 30.2 Å². The number of hydrogen-bond donors (Lipinski definition) is 2. The molecule has 8 nitrogen and oxygen atoms in total. The smallest absolute Gasteiger partial charge is 0.191 e. The van der Waals surface area contributed by atoms with Gasteiger partial charge in [0.15, 0.2) is 27.3 Å². The van der Waals surface area contributed by atoms with Crippen LogP contribution in [0.3, 0.4) is 0 Å². The second kappa shape index (κ2) is 7.16. The summed E-state index contributed by atoms with van der Waals surface area (Å²) in [6.07, 6.45) is 1.89. The van der Waals surface area contributed by atoms with Crippen LogP contribution in [0.25, 0.3) is 5.65 Å². The Bertz CT molecular complexity index is 820. The van der Waals surface area contributed by atoms with Crippen molar-refractivity contribution in [2.24, 2.45) is 4.99 Å². The molecule has 0 amide bonds. The van der Waals surface area contributed by atoms with Crippen molar-refractivity contribution < 1.29 is 8.42 Å². The second-order valence-corrected chi connectivity index (χ2v) is 9.19. The molecule has 0 saturated heterocycles. The zero-order valence-corrected chi connectivity index (χ0v) is 15.3. The van der Waals surface area contributed by atoms with Crippen molar-refractivity contribution in [1.82, 2.24) is 25.2 Å². The van der Waals surface area contributed by atoms with Gasteiger partial charge in [0.05, 0.1) is 17.0 Å². The van der Waals surface area contributed by atoms with Gasteiger partial charge in [-0.2, -0.15) is 0 Å². The minimum Gasteiger partial charge on any atom is -0.355 e. The fourth-order valence-corrected chi connectivity index (χ4v) is 2.99. The molecule has 0 unspecified atom stereocenters. The van der Waals surface area contributed by atoms with E-state index in [2.05, 4.69) is 25.8 Å². The number of rotatable bonds is 5. The summed E-state index contributed by atoms with van der Waals surface area (Å²) in [5, 5.41) is 14.3. The molecule has 0 aliphatic carbocycles. The average Bonchev–Trinajstić information content (AvgIpc) is 2.93. The van der Waals surface area contributed by atoms with Gasteiger partial charge in [0.1, 0.15) is 0 Å². The number of sulfone groups is 1. The second-order valence-electron chi connectivity index (χ2n) is 6.33. The molecular weight excluding hydrogens is 328 g/mol. The number of nitrogens with one attached hydrogen (secondary N) is 2. The Hall–Kier alpha value is -2.16. The van der Waals surface area contributed by atoms with Crippen molar-refractivity contribution in [2.45, 2.75) is 32.1 Å². The maximum Gasteiger partial charge on any atom is 0.191 e. The van der Waals surface area contributed by atoms with Crippen LogP contribution < -0.4 is 10.6 Å². The molecule has 0 spiro atoms. The molecule has 0 aliphatic heterocycles. The summed E-state index contributed by atoms with van der Waals surface area (Å²) in [4.78, 5) is 4.09. The fraction of sp³-hybridized carbons (Fsp3) is 0.533. The molecule has 0 radical (unpaired) electrons. The number of aliphatic imine (C=N–C) groups is 1. The Kier molecular flexibility index (Phi) is 5.43. The van der Waals surface area contributed by atoms with Crippen molar-refractivity contribution in [2.75, 3.05) is 19.3 Å². The first kappa shape index (κ1) is 18.2. The number of nitrogens with zero attached hydrogens (tertiary/aromatic N) is 4. The van der Waals surface area contributed by atoms with Crippen LogP contribution in [0, 0.1) is 0 Å². The van der Waals surface area contributed by atoms with E-state index in [1.54, 1.807) is 27.8 Å². The molecule has 2 heterocycles. The monoisotopic (exact) mass is 352 g/mol. The third-order valence-corrected chi connectivity index (χ3v) is 6.23. The molecule has 24 heavy (non-hydrogen) atoms. The fourth-order valence-electron chi connectivity index (χ4n) is 2.00. The van der Waals surface area contributed by atoms with Crippen LogP contribution in [-0.4, -0.2) is 53.1 Å². The van der Waals surface area contributed by atoms with Crippen LogP contribution in [-0.2, 0) is 16.4 Å². The van der Waals surface area contributed by atoms with Crippen molar-refractivity contribution in [3.63, 3.8) is 0 Å². The van der Waals surface area contributed by atoms with Crippen molar-refractivity contribution >= 4 is 21.4 Å². The van der Waals surface area contributed by atoms with Crippen LogP contribution in [0.2, 0.25) is 0 Å². The third-order valence-electron chi connectivity index (χ3n) is 3.62. The maximum absolute atomic E-state index is 12.1. The van der Waals surface area contributed by atoms with E-state index in [0.29, 0.717) is 19.0 Å². The Balaban J connectivity index is 1.90. The van der Waals surface area contributed by atoms with E-state index in [-0.39, 0.29) is 5.75 Å². The lowest BCUT2D eigenvalue weighted by molar-refractivity contribution is 0.559. The largest absolute Gasteiger partial charge is 0.355 e. The highest BCUT2D eigenvalue weighted by Gasteiger charge is 2.28. The molecule has 2 N–H and O–H groups in total. The van der Waals surface area contributed by atoms with Crippen LogP contribution in [0.5, 0.6) is 0 Å². The van der Waals surface area contributed by atoms with Gasteiger partial charge < -0.3 is 10.6 Å². The highest BCUT2D eigenvalue weighted by molar-refractivity contribution is 7.92. The molecule has 2 rings (SSSR count). The predicted molar refractivity (Wildman–Crippen MR) is 94.7 cm³/mol. The van der Waals surface area contributed by atoms with E-state index >= 15 is 0 Å². The summed E-state index contributed by atoms with van der Waals surface area (Å²) in [5.41, 5.74) is 0.772. The molecule has 2 aromatic heterocycles. The van der Waals surface area contributed by atoms with E-state index in [1.807, 2.05) is 28.8 Å². The van der Waals surface area contributed by atoms with Gasteiger partial charge in [-0.25, -0.2) is 8.42 Å². The Morgan fingerprint density at radius 3 is 2.67 bits per heavy atom. The molecule has 132 valence electrons. The van der Waals surface area contributed by atoms with Gasteiger partial charge in [-0.1, -0.05) is 6.07 Å². The van der Waals surface area contributed by atoms with Crippen molar-refractivity contribution in [3.8, 4) is 0 Å². The molecule has 0 aliphatic rings. The quantitative estimate of drug-likeness (QED) is 0.604. The molecule has 0 aromatic carbocycles. The molecule has 0 atom stereocenters. The SMILES string of the molecule is CN=C(NCCS(=O)(=O)C(C)(C)C)NCc1nnc2ccccn12. The minimum atomic E-state index is -3.16. The van der Waals surface area contributed by atoms with Gasteiger partial charge in [0.2, 0.25) is 0 Å². The van der Waals surface area contributed by atoms with E-state index in [4.69, 9.17) is 0 Å². The van der Waals surface area contributed by atoms with Crippen LogP contribution in [0.4, 0.5) is 0 Å². The molecular formula is C15H24N6O2S. The Labute approximate surface area is 142 Å². The summed E-state index contributed by atoms with van der Waals surface area (Å²) in [5.74, 6) is 1.31.